The lowest BCUT2D eigenvalue weighted by Gasteiger charge is -2.24. The Labute approximate surface area is 131 Å². The summed E-state index contributed by atoms with van der Waals surface area (Å²) in [6.07, 6.45) is 1.65. The van der Waals surface area contributed by atoms with Crippen molar-refractivity contribution in [3.05, 3.63) is 46.8 Å². The molecular weight excluding hydrogens is 300 g/mol. The largest absolute Gasteiger partial charge is 0.361 e. The third-order valence-electron chi connectivity index (χ3n) is 4.25. The van der Waals surface area contributed by atoms with E-state index in [4.69, 9.17) is 4.52 Å². The van der Waals surface area contributed by atoms with Crippen LogP contribution in [0.2, 0.25) is 0 Å². The number of nitrogens with zero attached hydrogens (tertiary/aromatic N) is 2. The van der Waals surface area contributed by atoms with Crippen LogP contribution in [0, 0.1) is 20.8 Å². The second-order valence-electron chi connectivity index (χ2n) is 5.82. The molecule has 1 aromatic carbocycles. The van der Waals surface area contributed by atoms with Crippen LogP contribution in [-0.2, 0) is 10.0 Å². The molecule has 5 nitrogen and oxygen atoms in total. The maximum absolute atomic E-state index is 12.9. The summed E-state index contributed by atoms with van der Waals surface area (Å²) >= 11 is 0. The van der Waals surface area contributed by atoms with Crippen LogP contribution in [0.5, 0.6) is 0 Å². The van der Waals surface area contributed by atoms with Crippen LogP contribution in [-0.4, -0.2) is 24.4 Å². The van der Waals surface area contributed by atoms with Gasteiger partial charge in [0.15, 0.2) is 0 Å². The first kappa shape index (κ1) is 15.2. The Morgan fingerprint density at radius 2 is 1.86 bits per heavy atom. The van der Waals surface area contributed by atoms with Crippen molar-refractivity contribution in [3.63, 3.8) is 0 Å². The number of hydrogen-bond donors (Lipinski definition) is 0. The zero-order valence-corrected chi connectivity index (χ0v) is 13.9. The highest BCUT2D eigenvalue weighted by Crippen LogP contribution is 2.39. The van der Waals surface area contributed by atoms with Crippen molar-refractivity contribution < 1.29 is 12.9 Å². The van der Waals surface area contributed by atoms with Crippen molar-refractivity contribution in [1.82, 2.24) is 9.46 Å². The average Bonchev–Trinajstić information content (AvgIpc) is 3.06. The Kier molecular flexibility index (Phi) is 3.82. The lowest BCUT2D eigenvalue weighted by atomic mass is 10.0. The van der Waals surface area contributed by atoms with Crippen LogP contribution in [0.25, 0.3) is 0 Å². The minimum atomic E-state index is -3.50. The number of rotatable bonds is 3. The zero-order valence-electron chi connectivity index (χ0n) is 13.0. The molecule has 1 fully saturated rings. The predicted octanol–water partition coefficient (Wildman–Crippen LogP) is 3.13. The summed E-state index contributed by atoms with van der Waals surface area (Å²) in [4.78, 5) is 0.344. The van der Waals surface area contributed by atoms with Gasteiger partial charge in [-0.25, -0.2) is 8.42 Å². The summed E-state index contributed by atoms with van der Waals surface area (Å²) < 4.78 is 32.7. The summed E-state index contributed by atoms with van der Waals surface area (Å²) in [6.45, 7) is 6.18. The Hall–Kier alpha value is -1.66. The van der Waals surface area contributed by atoms with Crippen molar-refractivity contribution in [1.29, 1.82) is 0 Å². The summed E-state index contributed by atoms with van der Waals surface area (Å²) in [5, 5.41) is 3.97. The maximum Gasteiger partial charge on any atom is 0.243 e. The first-order chi connectivity index (χ1) is 10.4. The minimum Gasteiger partial charge on any atom is -0.361 e. The van der Waals surface area contributed by atoms with Gasteiger partial charge in [0, 0.05) is 12.1 Å². The molecule has 0 bridgehead atoms. The first-order valence-electron chi connectivity index (χ1n) is 7.42. The van der Waals surface area contributed by atoms with E-state index in [2.05, 4.69) is 5.16 Å². The molecule has 6 heteroatoms. The topological polar surface area (TPSA) is 63.4 Å². The smallest absolute Gasteiger partial charge is 0.243 e. The van der Waals surface area contributed by atoms with Crippen molar-refractivity contribution in [2.75, 3.05) is 6.54 Å². The molecule has 3 rings (SSSR count). The van der Waals surface area contributed by atoms with Gasteiger partial charge in [0.25, 0.3) is 0 Å². The molecule has 1 aliphatic heterocycles. The Morgan fingerprint density at radius 3 is 2.45 bits per heavy atom. The molecule has 0 amide bonds. The molecule has 0 radical (unpaired) electrons. The Morgan fingerprint density at radius 1 is 1.18 bits per heavy atom. The zero-order chi connectivity index (χ0) is 15.9. The van der Waals surface area contributed by atoms with E-state index in [1.54, 1.807) is 16.4 Å². The van der Waals surface area contributed by atoms with Crippen LogP contribution in [0.1, 0.15) is 41.5 Å². The average molecular weight is 320 g/mol. The van der Waals surface area contributed by atoms with Crippen molar-refractivity contribution in [2.24, 2.45) is 0 Å². The molecule has 0 aliphatic carbocycles. The molecule has 0 saturated carbocycles. The van der Waals surface area contributed by atoms with Gasteiger partial charge in [-0.05, 0) is 45.7 Å². The van der Waals surface area contributed by atoms with E-state index in [0.717, 1.165) is 29.7 Å². The van der Waals surface area contributed by atoms with Gasteiger partial charge < -0.3 is 4.52 Å². The summed E-state index contributed by atoms with van der Waals surface area (Å²) in [7, 11) is -3.50. The van der Waals surface area contributed by atoms with Crippen LogP contribution >= 0.6 is 0 Å². The van der Waals surface area contributed by atoms with Crippen LogP contribution < -0.4 is 0 Å². The molecule has 1 saturated heterocycles. The van der Waals surface area contributed by atoms with Crippen LogP contribution in [0.4, 0.5) is 0 Å². The fourth-order valence-corrected chi connectivity index (χ4v) is 4.79. The van der Waals surface area contributed by atoms with Gasteiger partial charge in [-0.3, -0.25) is 0 Å². The second kappa shape index (κ2) is 5.52. The molecule has 1 atom stereocenters. The second-order valence-corrected chi connectivity index (χ2v) is 7.72. The highest BCUT2D eigenvalue weighted by molar-refractivity contribution is 7.89. The summed E-state index contributed by atoms with van der Waals surface area (Å²) in [5.41, 5.74) is 2.73. The van der Waals surface area contributed by atoms with E-state index in [-0.39, 0.29) is 6.04 Å². The fourth-order valence-electron chi connectivity index (χ4n) is 3.13. The normalized spacial score (nSPS) is 19.7. The van der Waals surface area contributed by atoms with Crippen LogP contribution in [0.15, 0.2) is 33.7 Å². The number of sulfonamides is 1. The van der Waals surface area contributed by atoms with Gasteiger partial charge in [-0.1, -0.05) is 22.9 Å². The predicted molar refractivity (Wildman–Crippen MR) is 83.0 cm³/mol. The van der Waals surface area contributed by atoms with Gasteiger partial charge in [0.1, 0.15) is 5.76 Å². The molecule has 2 heterocycles. The molecular formula is C16H20N2O3S. The van der Waals surface area contributed by atoms with E-state index < -0.39 is 10.0 Å². The molecule has 1 aromatic heterocycles. The van der Waals surface area contributed by atoms with E-state index in [9.17, 15) is 8.42 Å². The third-order valence-corrected chi connectivity index (χ3v) is 6.18. The van der Waals surface area contributed by atoms with Gasteiger partial charge in [-0.2, -0.15) is 4.31 Å². The number of benzene rings is 1. The molecule has 0 unspecified atom stereocenters. The lowest BCUT2D eigenvalue weighted by Crippen LogP contribution is -2.31. The van der Waals surface area contributed by atoms with Gasteiger partial charge in [0.2, 0.25) is 10.0 Å². The van der Waals surface area contributed by atoms with E-state index in [1.807, 2.05) is 32.9 Å². The van der Waals surface area contributed by atoms with E-state index in [1.165, 1.54) is 0 Å². The van der Waals surface area contributed by atoms with Crippen LogP contribution in [0.3, 0.4) is 0 Å². The standard InChI is InChI=1S/C16H20N2O3S/c1-11-6-8-14(9-7-11)22(19,20)18-10-4-5-15(18)16-12(2)17-21-13(16)3/h6-9,15H,4-5,10H2,1-3H3/t15-/m1/s1. The number of aryl methyl sites for hydroxylation is 3. The number of aromatic nitrogens is 1. The van der Waals surface area contributed by atoms with E-state index >= 15 is 0 Å². The first-order valence-corrected chi connectivity index (χ1v) is 8.86. The third kappa shape index (κ3) is 2.46. The summed E-state index contributed by atoms with van der Waals surface area (Å²) in [6, 6.07) is 6.82. The molecule has 0 spiro atoms. The van der Waals surface area contributed by atoms with Gasteiger partial charge in [-0.15, -0.1) is 0 Å². The molecule has 22 heavy (non-hydrogen) atoms. The summed E-state index contributed by atoms with van der Waals surface area (Å²) in [5.74, 6) is 0.702. The van der Waals surface area contributed by atoms with E-state index in [0.29, 0.717) is 17.2 Å². The SMILES string of the molecule is Cc1ccc(S(=O)(=O)N2CCC[C@@H]2c2c(C)noc2C)cc1. The highest BCUT2D eigenvalue weighted by Gasteiger charge is 2.38. The minimum absolute atomic E-state index is 0.183. The van der Waals surface area contributed by atoms with Gasteiger partial charge in [0.05, 0.1) is 16.6 Å². The molecule has 118 valence electrons. The molecule has 2 aromatic rings. The van der Waals surface area contributed by atoms with Gasteiger partial charge >= 0.3 is 0 Å². The number of hydrogen-bond acceptors (Lipinski definition) is 4. The van der Waals surface area contributed by atoms with Crippen molar-refractivity contribution >= 4 is 10.0 Å². The monoisotopic (exact) mass is 320 g/mol. The highest BCUT2D eigenvalue weighted by atomic mass is 32.2. The van der Waals surface area contributed by atoms with Crippen molar-refractivity contribution in [2.45, 2.75) is 44.6 Å². The lowest BCUT2D eigenvalue weighted by molar-refractivity contribution is 0.376. The Bertz CT molecular complexity index is 759. The maximum atomic E-state index is 12.9. The Balaban J connectivity index is 2.01. The van der Waals surface area contributed by atoms with Crippen molar-refractivity contribution in [3.8, 4) is 0 Å². The molecule has 1 aliphatic rings. The quantitative estimate of drug-likeness (QED) is 0.871. The fraction of sp³-hybridized carbons (Fsp3) is 0.438. The molecule has 0 N–H and O–H groups in total.